The summed E-state index contributed by atoms with van der Waals surface area (Å²) in [4.78, 5) is 12.9. The lowest BCUT2D eigenvalue weighted by Crippen LogP contribution is -2.60. The van der Waals surface area contributed by atoms with Crippen LogP contribution in [0.15, 0.2) is 30.3 Å². The topological polar surface area (TPSA) is 169 Å². The third-order valence-electron chi connectivity index (χ3n) is 10.2. The third-order valence-corrected chi connectivity index (χ3v) is 10.2. The van der Waals surface area contributed by atoms with Crippen LogP contribution in [0.2, 0.25) is 0 Å². The molecule has 0 aromatic heterocycles. The van der Waals surface area contributed by atoms with Crippen molar-refractivity contribution in [1.29, 1.82) is 0 Å². The highest BCUT2D eigenvalue weighted by molar-refractivity contribution is 5.76. The van der Waals surface area contributed by atoms with E-state index in [4.69, 9.17) is 9.47 Å². The fourth-order valence-electron chi connectivity index (χ4n) is 6.87. The average Bonchev–Trinajstić information content (AvgIpc) is 3.13. The lowest BCUT2D eigenvalue weighted by atomic mass is 9.98. The molecular weight excluding hydrogens is 650 g/mol. The average molecular weight is 724 g/mol. The molecule has 8 atom stereocenters. The fourth-order valence-corrected chi connectivity index (χ4v) is 6.87. The molecule has 1 fully saturated rings. The summed E-state index contributed by atoms with van der Waals surface area (Å²) < 4.78 is 11.0. The van der Waals surface area contributed by atoms with Gasteiger partial charge in [-0.1, -0.05) is 166 Å². The predicted molar refractivity (Wildman–Crippen MR) is 201 cm³/mol. The first kappa shape index (κ1) is 45.5. The molecule has 10 nitrogen and oxygen atoms in total. The van der Waals surface area contributed by atoms with Crippen LogP contribution in [0.3, 0.4) is 0 Å². The molecule has 1 heterocycles. The van der Waals surface area contributed by atoms with Crippen molar-refractivity contribution in [2.45, 2.75) is 204 Å². The van der Waals surface area contributed by atoms with Crippen LogP contribution in [-0.4, -0.2) is 98.7 Å². The zero-order valence-corrected chi connectivity index (χ0v) is 31.6. The summed E-state index contributed by atoms with van der Waals surface area (Å²) in [6, 6.07) is 8.13. The van der Waals surface area contributed by atoms with Gasteiger partial charge in [0.25, 0.3) is 0 Å². The van der Waals surface area contributed by atoms with Gasteiger partial charge >= 0.3 is 0 Å². The Bertz CT molecular complexity index is 968. The minimum absolute atomic E-state index is 0.147. The number of carbonyl (C=O) groups excluding carboxylic acids is 1. The maximum atomic E-state index is 12.9. The highest BCUT2D eigenvalue weighted by atomic mass is 16.7. The van der Waals surface area contributed by atoms with Crippen molar-refractivity contribution in [3.05, 3.63) is 35.9 Å². The number of nitrogens with one attached hydrogen (secondary N) is 1. The van der Waals surface area contributed by atoms with Gasteiger partial charge in [-0.2, -0.15) is 0 Å². The van der Waals surface area contributed by atoms with Crippen molar-refractivity contribution in [3.8, 4) is 0 Å². The summed E-state index contributed by atoms with van der Waals surface area (Å²) in [5.41, 5.74) is 0.809. The van der Waals surface area contributed by atoms with Crippen molar-refractivity contribution >= 4 is 5.91 Å². The Morgan fingerprint density at radius 3 is 1.65 bits per heavy atom. The fraction of sp³-hybridized carbons (Fsp3) is 0.829. The van der Waals surface area contributed by atoms with Crippen LogP contribution in [-0.2, 0) is 20.7 Å². The van der Waals surface area contributed by atoms with E-state index in [-0.39, 0.29) is 25.4 Å². The van der Waals surface area contributed by atoms with Gasteiger partial charge in [0.05, 0.1) is 25.4 Å². The minimum Gasteiger partial charge on any atom is -0.394 e. The Morgan fingerprint density at radius 2 is 1.18 bits per heavy atom. The quantitative estimate of drug-likeness (QED) is 0.0465. The van der Waals surface area contributed by atoms with E-state index in [1.807, 2.05) is 30.3 Å². The predicted octanol–water partition coefficient (Wildman–Crippen LogP) is 5.85. The van der Waals surface area contributed by atoms with Gasteiger partial charge in [-0.05, 0) is 12.0 Å². The van der Waals surface area contributed by atoms with Crippen molar-refractivity contribution in [2.75, 3.05) is 13.2 Å². The van der Waals surface area contributed by atoms with Gasteiger partial charge in [0.1, 0.15) is 30.5 Å². The van der Waals surface area contributed by atoms with E-state index in [9.17, 15) is 35.4 Å². The maximum absolute atomic E-state index is 12.9. The number of unbranched alkanes of at least 4 members (excludes halogenated alkanes) is 20. The monoisotopic (exact) mass is 724 g/mol. The summed E-state index contributed by atoms with van der Waals surface area (Å²) in [7, 11) is 0. The summed E-state index contributed by atoms with van der Waals surface area (Å²) in [5, 5.41) is 64.6. The van der Waals surface area contributed by atoms with Gasteiger partial charge in [0.2, 0.25) is 5.91 Å². The van der Waals surface area contributed by atoms with Gasteiger partial charge in [-0.25, -0.2) is 0 Å². The normalized spacial score (nSPS) is 22.5. The molecular formula is C41H73NO9. The van der Waals surface area contributed by atoms with Crippen LogP contribution in [0.1, 0.15) is 154 Å². The van der Waals surface area contributed by atoms with E-state index in [1.165, 1.54) is 109 Å². The smallest absolute Gasteiger partial charge is 0.220 e. The standard InChI is InChI=1S/C41H73NO9/c1-2-3-4-5-6-7-8-9-10-11-12-13-14-15-16-17-18-19-20-21-25-28-36(45)42-33(37(46)34(44)29-32-26-23-22-24-27-32)31-50-41-40(49)39(48)38(47)35(30-43)51-41/h22-24,26-27,33-35,37-41,43-44,46-49H,2-21,25,28-31H2,1H3,(H,42,45)/t33-,34+,35+,37-,38-,39-,40+,41-/m0/s1. The number of aliphatic hydroxyl groups excluding tert-OH is 6. The van der Waals surface area contributed by atoms with Crippen LogP contribution in [0.25, 0.3) is 0 Å². The number of rotatable bonds is 31. The molecule has 10 heteroatoms. The summed E-state index contributed by atoms with van der Waals surface area (Å²) in [5.74, 6) is -0.291. The Kier molecular flexibility index (Phi) is 25.7. The summed E-state index contributed by atoms with van der Waals surface area (Å²) in [6.07, 6.45) is 17.5. The zero-order chi connectivity index (χ0) is 37.1. The molecule has 7 N–H and O–H groups in total. The summed E-state index contributed by atoms with van der Waals surface area (Å²) in [6.45, 7) is 1.32. The zero-order valence-electron chi connectivity index (χ0n) is 31.6. The highest BCUT2D eigenvalue weighted by Crippen LogP contribution is 2.23. The molecule has 0 bridgehead atoms. The molecule has 0 unspecified atom stereocenters. The van der Waals surface area contributed by atoms with Gasteiger partial charge in [-0.3, -0.25) is 4.79 Å². The molecule has 296 valence electrons. The molecule has 0 aliphatic carbocycles. The first-order chi connectivity index (χ1) is 24.8. The highest BCUT2D eigenvalue weighted by Gasteiger charge is 2.44. The molecule has 1 aromatic carbocycles. The second-order valence-corrected chi connectivity index (χ2v) is 14.8. The number of carbonyl (C=O) groups is 1. The number of hydrogen-bond donors (Lipinski definition) is 7. The molecule has 1 aromatic rings. The number of ether oxygens (including phenoxy) is 2. The number of amides is 1. The summed E-state index contributed by atoms with van der Waals surface area (Å²) >= 11 is 0. The van der Waals surface area contributed by atoms with Crippen LogP contribution >= 0.6 is 0 Å². The van der Waals surface area contributed by atoms with E-state index in [1.54, 1.807) is 0 Å². The molecule has 1 saturated heterocycles. The lowest BCUT2D eigenvalue weighted by molar-refractivity contribution is -0.303. The Hall–Kier alpha value is -1.63. The van der Waals surface area contributed by atoms with E-state index in [0.29, 0.717) is 6.42 Å². The maximum Gasteiger partial charge on any atom is 0.220 e. The van der Waals surface area contributed by atoms with Gasteiger partial charge in [-0.15, -0.1) is 0 Å². The molecule has 0 spiro atoms. The Morgan fingerprint density at radius 1 is 0.706 bits per heavy atom. The molecule has 51 heavy (non-hydrogen) atoms. The minimum atomic E-state index is -1.62. The van der Waals surface area contributed by atoms with E-state index in [2.05, 4.69) is 12.2 Å². The van der Waals surface area contributed by atoms with Crippen LogP contribution in [0.4, 0.5) is 0 Å². The van der Waals surface area contributed by atoms with Crippen LogP contribution < -0.4 is 5.32 Å². The molecule has 2 rings (SSSR count). The first-order valence-corrected chi connectivity index (χ1v) is 20.4. The molecule has 1 aliphatic rings. The second kappa shape index (κ2) is 28.8. The number of hydrogen-bond acceptors (Lipinski definition) is 9. The van der Waals surface area contributed by atoms with Crippen molar-refractivity contribution in [1.82, 2.24) is 5.32 Å². The number of benzene rings is 1. The van der Waals surface area contributed by atoms with E-state index in [0.717, 1.165) is 24.8 Å². The molecule has 1 amide bonds. The van der Waals surface area contributed by atoms with Crippen molar-refractivity contribution in [3.63, 3.8) is 0 Å². The first-order valence-electron chi connectivity index (χ1n) is 20.4. The van der Waals surface area contributed by atoms with Gasteiger partial charge < -0.3 is 45.4 Å². The second-order valence-electron chi connectivity index (χ2n) is 14.8. The third kappa shape index (κ3) is 19.9. The molecule has 0 saturated carbocycles. The SMILES string of the molecule is CCCCCCCCCCCCCCCCCCCCCCCC(=O)N[C@@H](CO[C@H]1O[C@H](CO)[C@H](O)[C@H](O)[C@H]1O)[C@H](O)[C@H](O)Cc1ccccc1. The van der Waals surface area contributed by atoms with Crippen molar-refractivity contribution < 1.29 is 44.9 Å². The Balaban J connectivity index is 1.59. The lowest BCUT2D eigenvalue weighted by Gasteiger charge is -2.40. The van der Waals surface area contributed by atoms with E-state index >= 15 is 0 Å². The van der Waals surface area contributed by atoms with Gasteiger partial charge in [0.15, 0.2) is 6.29 Å². The Labute approximate surface area is 308 Å². The largest absolute Gasteiger partial charge is 0.394 e. The molecule has 1 aliphatic heterocycles. The van der Waals surface area contributed by atoms with Crippen molar-refractivity contribution in [2.24, 2.45) is 0 Å². The van der Waals surface area contributed by atoms with Crippen LogP contribution in [0.5, 0.6) is 0 Å². The number of aliphatic hydroxyl groups is 6. The van der Waals surface area contributed by atoms with E-state index < -0.39 is 55.6 Å². The van der Waals surface area contributed by atoms with Crippen LogP contribution in [0, 0.1) is 0 Å². The van der Waals surface area contributed by atoms with Gasteiger partial charge in [0, 0.05) is 12.8 Å². The molecule has 0 radical (unpaired) electrons.